The number of hydrogen-bond donors (Lipinski definition) is 1. The molecule has 180 valence electrons. The number of nitrogens with zero attached hydrogens (tertiary/aromatic N) is 2. The average molecular weight is 514 g/mol. The highest BCUT2D eigenvalue weighted by atomic mass is 35.5. The van der Waals surface area contributed by atoms with Crippen molar-refractivity contribution in [3.8, 4) is 0 Å². The van der Waals surface area contributed by atoms with Crippen molar-refractivity contribution < 1.29 is 18.0 Å². The lowest BCUT2D eigenvalue weighted by Gasteiger charge is -2.31. The van der Waals surface area contributed by atoms with Crippen molar-refractivity contribution in [3.63, 3.8) is 0 Å². The molecule has 0 aliphatic rings. The van der Waals surface area contributed by atoms with Crippen LogP contribution in [0, 0.1) is 6.92 Å². The molecule has 0 saturated heterocycles. The van der Waals surface area contributed by atoms with E-state index in [2.05, 4.69) is 5.32 Å². The molecule has 1 N–H and O–H groups in total. The van der Waals surface area contributed by atoms with E-state index in [9.17, 15) is 18.0 Å². The van der Waals surface area contributed by atoms with Gasteiger partial charge in [0.05, 0.1) is 17.0 Å². The van der Waals surface area contributed by atoms with Crippen molar-refractivity contribution in [2.24, 2.45) is 0 Å². The predicted molar refractivity (Wildman–Crippen MR) is 133 cm³/mol. The van der Waals surface area contributed by atoms with Crippen LogP contribution in [0.3, 0.4) is 0 Å². The topological polar surface area (TPSA) is 86.8 Å². The third-order valence-electron chi connectivity index (χ3n) is 5.01. The summed E-state index contributed by atoms with van der Waals surface area (Å²) in [6, 6.07) is 11.1. The Balaban J connectivity index is 2.40. The van der Waals surface area contributed by atoms with Gasteiger partial charge in [-0.25, -0.2) is 8.42 Å². The summed E-state index contributed by atoms with van der Waals surface area (Å²) in [5.74, 6) is -0.847. The Morgan fingerprint density at radius 2 is 1.82 bits per heavy atom. The van der Waals surface area contributed by atoms with Crippen molar-refractivity contribution in [1.29, 1.82) is 0 Å². The highest BCUT2D eigenvalue weighted by molar-refractivity contribution is 7.92. The SMILES string of the molecule is CCCNC(=O)[C@H](C)N(Cc1cccc(C)c1)C(=O)CN(c1ccc(Cl)cc1Cl)S(C)(=O)=O. The van der Waals surface area contributed by atoms with Crippen molar-refractivity contribution in [2.45, 2.75) is 39.8 Å². The van der Waals surface area contributed by atoms with Crippen molar-refractivity contribution in [1.82, 2.24) is 10.2 Å². The molecule has 2 amide bonds. The Bertz CT molecular complexity index is 1110. The van der Waals surface area contributed by atoms with E-state index in [0.717, 1.165) is 28.1 Å². The van der Waals surface area contributed by atoms with Gasteiger partial charge in [-0.2, -0.15) is 0 Å². The van der Waals surface area contributed by atoms with Crippen LogP contribution in [0.25, 0.3) is 0 Å². The average Bonchev–Trinajstić information content (AvgIpc) is 2.73. The maximum Gasteiger partial charge on any atom is 0.244 e. The lowest BCUT2D eigenvalue weighted by molar-refractivity contribution is -0.139. The molecule has 10 heteroatoms. The summed E-state index contributed by atoms with van der Waals surface area (Å²) in [6.07, 6.45) is 1.74. The van der Waals surface area contributed by atoms with Crippen LogP contribution in [-0.2, 0) is 26.2 Å². The molecule has 1 atom stereocenters. The first-order valence-corrected chi connectivity index (χ1v) is 13.1. The summed E-state index contributed by atoms with van der Waals surface area (Å²) in [4.78, 5) is 27.5. The van der Waals surface area contributed by atoms with Gasteiger partial charge in [0.1, 0.15) is 12.6 Å². The second kappa shape index (κ2) is 11.7. The number of carbonyl (C=O) groups excluding carboxylic acids is 2. The predicted octanol–water partition coefficient (Wildman–Crippen LogP) is 4.01. The molecule has 0 aliphatic carbocycles. The van der Waals surface area contributed by atoms with Gasteiger partial charge in [0.25, 0.3) is 0 Å². The molecule has 0 spiro atoms. The molecule has 0 aliphatic heterocycles. The van der Waals surface area contributed by atoms with Gasteiger partial charge in [-0.15, -0.1) is 0 Å². The Morgan fingerprint density at radius 3 is 2.39 bits per heavy atom. The number of halogens is 2. The molecular weight excluding hydrogens is 485 g/mol. The number of sulfonamides is 1. The van der Waals surface area contributed by atoms with E-state index < -0.39 is 28.5 Å². The first-order chi connectivity index (χ1) is 15.4. The summed E-state index contributed by atoms with van der Waals surface area (Å²) < 4.78 is 26.0. The summed E-state index contributed by atoms with van der Waals surface area (Å²) in [7, 11) is -3.86. The molecule has 0 unspecified atom stereocenters. The molecule has 0 saturated carbocycles. The van der Waals surface area contributed by atoms with Gasteiger partial charge in [0, 0.05) is 18.1 Å². The van der Waals surface area contributed by atoms with E-state index in [1.807, 2.05) is 38.1 Å². The van der Waals surface area contributed by atoms with E-state index >= 15 is 0 Å². The second-order valence-corrected chi connectivity index (χ2v) is 10.6. The zero-order valence-electron chi connectivity index (χ0n) is 19.1. The quantitative estimate of drug-likeness (QED) is 0.519. The molecular formula is C23H29Cl2N3O4S. The van der Waals surface area contributed by atoms with Crippen molar-refractivity contribution in [3.05, 3.63) is 63.6 Å². The first kappa shape index (κ1) is 27.0. The second-order valence-electron chi connectivity index (χ2n) is 7.84. The molecule has 0 bridgehead atoms. The minimum absolute atomic E-state index is 0.0969. The minimum Gasteiger partial charge on any atom is -0.354 e. The van der Waals surface area contributed by atoms with Gasteiger partial charge in [0.15, 0.2) is 0 Å². The van der Waals surface area contributed by atoms with Gasteiger partial charge >= 0.3 is 0 Å². The monoisotopic (exact) mass is 513 g/mol. The first-order valence-electron chi connectivity index (χ1n) is 10.5. The van der Waals surface area contributed by atoms with Crippen LogP contribution in [0.4, 0.5) is 5.69 Å². The van der Waals surface area contributed by atoms with Crippen LogP contribution in [0.1, 0.15) is 31.4 Å². The van der Waals surface area contributed by atoms with Crippen molar-refractivity contribution >= 4 is 50.7 Å². The van der Waals surface area contributed by atoms with Crippen molar-refractivity contribution in [2.75, 3.05) is 23.7 Å². The number of aryl methyl sites for hydroxylation is 1. The van der Waals surface area contributed by atoms with Gasteiger partial charge in [-0.3, -0.25) is 13.9 Å². The van der Waals surface area contributed by atoms with Crippen LogP contribution in [0.5, 0.6) is 0 Å². The van der Waals surface area contributed by atoms with Gasteiger partial charge in [-0.1, -0.05) is 60.0 Å². The maximum atomic E-state index is 13.4. The third kappa shape index (κ3) is 7.62. The molecule has 2 rings (SSSR count). The van der Waals surface area contributed by atoms with E-state index in [1.165, 1.54) is 23.1 Å². The maximum absolute atomic E-state index is 13.4. The molecule has 7 nitrogen and oxygen atoms in total. The summed E-state index contributed by atoms with van der Waals surface area (Å²) in [5.41, 5.74) is 1.97. The zero-order valence-corrected chi connectivity index (χ0v) is 21.5. The van der Waals surface area contributed by atoms with Crippen LogP contribution < -0.4 is 9.62 Å². The highest BCUT2D eigenvalue weighted by Gasteiger charge is 2.30. The molecule has 0 fully saturated rings. The van der Waals surface area contributed by atoms with Crippen LogP contribution in [-0.4, -0.2) is 50.5 Å². The fraction of sp³-hybridized carbons (Fsp3) is 0.391. The Hall–Kier alpha value is -2.29. The number of nitrogens with one attached hydrogen (secondary N) is 1. The smallest absolute Gasteiger partial charge is 0.244 e. The molecule has 33 heavy (non-hydrogen) atoms. The summed E-state index contributed by atoms with van der Waals surface area (Å²) in [5, 5.41) is 3.23. The minimum atomic E-state index is -3.86. The number of amides is 2. The molecule has 0 radical (unpaired) electrons. The number of hydrogen-bond acceptors (Lipinski definition) is 4. The zero-order chi connectivity index (χ0) is 24.8. The lowest BCUT2D eigenvalue weighted by atomic mass is 10.1. The van der Waals surface area contributed by atoms with E-state index in [1.54, 1.807) is 6.92 Å². The normalized spacial score (nSPS) is 12.2. The molecule has 0 aromatic heterocycles. The Kier molecular flexibility index (Phi) is 9.57. The van der Waals surface area contributed by atoms with Gasteiger partial charge in [0.2, 0.25) is 21.8 Å². The fourth-order valence-electron chi connectivity index (χ4n) is 3.26. The van der Waals surface area contributed by atoms with Gasteiger partial charge in [-0.05, 0) is 44.0 Å². The highest BCUT2D eigenvalue weighted by Crippen LogP contribution is 2.30. The Morgan fingerprint density at radius 1 is 1.12 bits per heavy atom. The molecule has 2 aromatic carbocycles. The fourth-order valence-corrected chi connectivity index (χ4v) is 4.69. The van der Waals surface area contributed by atoms with Gasteiger partial charge < -0.3 is 10.2 Å². The lowest BCUT2D eigenvalue weighted by Crippen LogP contribution is -2.51. The molecule has 2 aromatic rings. The molecule has 0 heterocycles. The van der Waals surface area contributed by atoms with Crippen LogP contribution in [0.2, 0.25) is 10.0 Å². The number of benzene rings is 2. The summed E-state index contributed by atoms with van der Waals surface area (Å²) >= 11 is 12.2. The van der Waals surface area contributed by atoms with E-state index in [-0.39, 0.29) is 23.2 Å². The summed E-state index contributed by atoms with van der Waals surface area (Å²) in [6.45, 7) is 5.59. The van der Waals surface area contributed by atoms with Crippen LogP contribution in [0.15, 0.2) is 42.5 Å². The Labute approximate surface area is 205 Å². The number of rotatable bonds is 10. The standard InChI is InChI=1S/C23H29Cl2N3O4S/c1-5-11-26-23(30)17(3)27(14-18-8-6-7-16(2)12-18)22(29)15-28(33(4,31)32)21-10-9-19(24)13-20(21)25/h6-10,12-13,17H,5,11,14-15H2,1-4H3,(H,26,30)/t17-/m0/s1. The van der Waals surface area contributed by atoms with E-state index in [4.69, 9.17) is 23.2 Å². The third-order valence-corrected chi connectivity index (χ3v) is 6.67. The van der Waals surface area contributed by atoms with E-state index in [0.29, 0.717) is 11.6 Å². The van der Waals surface area contributed by atoms with Crippen LogP contribution >= 0.6 is 23.2 Å². The largest absolute Gasteiger partial charge is 0.354 e. The number of carbonyl (C=O) groups is 2. The number of anilines is 1.